The summed E-state index contributed by atoms with van der Waals surface area (Å²) in [5.74, 6) is 0.277. The number of rotatable bonds is 4. The molecule has 1 aliphatic rings. The lowest BCUT2D eigenvalue weighted by Crippen LogP contribution is -2.52. The average molecular weight is 352 g/mol. The van der Waals surface area contributed by atoms with Gasteiger partial charge in [0, 0.05) is 26.2 Å². The average Bonchev–Trinajstić information content (AvgIpc) is 3.27. The maximum atomic E-state index is 12.5. The van der Waals surface area contributed by atoms with E-state index >= 15 is 0 Å². The maximum absolute atomic E-state index is 12.5. The number of carbonyl (C=O) groups is 2. The third kappa shape index (κ3) is 3.73. The number of piperazine rings is 1. The monoisotopic (exact) mass is 352 g/mol. The topological polar surface area (TPSA) is 79.5 Å². The minimum Gasteiger partial charge on any atom is -0.459 e. The zero-order chi connectivity index (χ0) is 16.2. The molecule has 2 aromatic rings. The van der Waals surface area contributed by atoms with Gasteiger partial charge in [-0.3, -0.25) is 9.59 Å². The smallest absolute Gasteiger partial charge is 0.289 e. The van der Waals surface area contributed by atoms with Gasteiger partial charge in [0.05, 0.1) is 11.5 Å². The van der Waals surface area contributed by atoms with Crippen molar-refractivity contribution in [1.29, 1.82) is 0 Å². The summed E-state index contributed by atoms with van der Waals surface area (Å²) in [7, 11) is 0. The molecule has 1 saturated heterocycles. The van der Waals surface area contributed by atoms with Crippen molar-refractivity contribution in [3.8, 4) is 0 Å². The van der Waals surface area contributed by atoms with Crippen molar-refractivity contribution in [3.63, 3.8) is 0 Å². The summed E-state index contributed by atoms with van der Waals surface area (Å²) in [6.45, 7) is 3.97. The molecule has 0 N–H and O–H groups in total. The second-order valence-electron chi connectivity index (χ2n) is 5.06. The number of thioether (sulfide) groups is 1. The van der Waals surface area contributed by atoms with Gasteiger partial charge in [0.25, 0.3) is 5.91 Å². The van der Waals surface area contributed by atoms with Crippen LogP contribution in [0.3, 0.4) is 0 Å². The van der Waals surface area contributed by atoms with Crippen LogP contribution in [0.4, 0.5) is 0 Å². The zero-order valence-electron chi connectivity index (χ0n) is 12.5. The van der Waals surface area contributed by atoms with E-state index in [1.54, 1.807) is 27.4 Å². The molecule has 122 valence electrons. The Morgan fingerprint density at radius 3 is 2.65 bits per heavy atom. The molecule has 0 radical (unpaired) electrons. The van der Waals surface area contributed by atoms with Crippen molar-refractivity contribution in [2.24, 2.45) is 0 Å². The first-order valence-electron chi connectivity index (χ1n) is 7.19. The lowest BCUT2D eigenvalue weighted by atomic mass is 10.2. The lowest BCUT2D eigenvalue weighted by molar-refractivity contribution is -0.131. The molecule has 7 nitrogen and oxygen atoms in total. The first-order valence-corrected chi connectivity index (χ1v) is 8.95. The predicted octanol–water partition coefficient (Wildman–Crippen LogP) is 1.60. The van der Waals surface area contributed by atoms with Gasteiger partial charge in [0.15, 0.2) is 10.1 Å². The first-order chi connectivity index (χ1) is 11.1. The lowest BCUT2D eigenvalue weighted by Gasteiger charge is -2.35. The van der Waals surface area contributed by atoms with Crippen molar-refractivity contribution in [1.82, 2.24) is 20.0 Å². The van der Waals surface area contributed by atoms with Crippen molar-refractivity contribution >= 4 is 34.9 Å². The highest BCUT2D eigenvalue weighted by atomic mass is 32.2. The second kappa shape index (κ2) is 7.14. The van der Waals surface area contributed by atoms with Crippen molar-refractivity contribution in [3.05, 3.63) is 29.7 Å². The third-order valence-electron chi connectivity index (χ3n) is 3.58. The Morgan fingerprint density at radius 2 is 2.04 bits per heavy atom. The Hall–Kier alpha value is -1.87. The van der Waals surface area contributed by atoms with Crippen LogP contribution in [0, 0.1) is 0 Å². The van der Waals surface area contributed by atoms with E-state index in [4.69, 9.17) is 4.42 Å². The van der Waals surface area contributed by atoms with Gasteiger partial charge < -0.3 is 14.2 Å². The number of furan rings is 1. The molecule has 1 fully saturated rings. The van der Waals surface area contributed by atoms with Gasteiger partial charge in [0.2, 0.25) is 5.91 Å². The fourth-order valence-electron chi connectivity index (χ4n) is 2.36. The summed E-state index contributed by atoms with van der Waals surface area (Å²) in [6.07, 6.45) is 1.49. The fraction of sp³-hybridized carbons (Fsp3) is 0.429. The van der Waals surface area contributed by atoms with Crippen LogP contribution in [0.1, 0.15) is 17.5 Å². The van der Waals surface area contributed by atoms with E-state index < -0.39 is 0 Å². The van der Waals surface area contributed by atoms with Crippen LogP contribution in [0.2, 0.25) is 0 Å². The maximum Gasteiger partial charge on any atom is 0.289 e. The Bertz CT molecular complexity index is 652. The van der Waals surface area contributed by atoms with E-state index in [9.17, 15) is 9.59 Å². The highest BCUT2D eigenvalue weighted by molar-refractivity contribution is 8.02. The van der Waals surface area contributed by atoms with Crippen molar-refractivity contribution in [2.75, 3.05) is 26.2 Å². The van der Waals surface area contributed by atoms with E-state index in [0.717, 1.165) is 4.34 Å². The van der Waals surface area contributed by atoms with Gasteiger partial charge in [-0.2, -0.15) is 0 Å². The molecule has 3 rings (SSSR count). The molecule has 0 aliphatic carbocycles. The number of aromatic nitrogens is 2. The molecule has 0 aromatic carbocycles. The standard InChI is InChI=1S/C14H16N4O3S2/c1-10(23-14-16-15-9-22-14)12(19)17-4-6-18(7-5-17)13(20)11-3-2-8-21-11/h2-3,8-10H,4-7H2,1H3/t10-/m0/s1. The molecule has 9 heteroatoms. The summed E-state index contributed by atoms with van der Waals surface area (Å²) in [5.41, 5.74) is 1.65. The second-order valence-corrected chi connectivity index (χ2v) is 7.48. The Kier molecular flexibility index (Phi) is 4.97. The number of nitrogens with zero attached hydrogens (tertiary/aromatic N) is 4. The van der Waals surface area contributed by atoms with Crippen LogP contribution in [0.25, 0.3) is 0 Å². The molecule has 0 bridgehead atoms. The Labute approximate surface area is 141 Å². The van der Waals surface area contributed by atoms with Gasteiger partial charge >= 0.3 is 0 Å². The molecular formula is C14H16N4O3S2. The van der Waals surface area contributed by atoms with Gasteiger partial charge in [-0.1, -0.05) is 23.1 Å². The highest BCUT2D eigenvalue weighted by Crippen LogP contribution is 2.25. The largest absolute Gasteiger partial charge is 0.459 e. The summed E-state index contributed by atoms with van der Waals surface area (Å²) in [6, 6.07) is 3.35. The van der Waals surface area contributed by atoms with E-state index in [1.807, 2.05) is 6.92 Å². The van der Waals surface area contributed by atoms with E-state index in [0.29, 0.717) is 31.9 Å². The Balaban J connectivity index is 1.52. The first kappa shape index (κ1) is 16.0. The van der Waals surface area contributed by atoms with E-state index in [-0.39, 0.29) is 17.1 Å². The van der Waals surface area contributed by atoms with Crippen LogP contribution in [0.15, 0.2) is 32.7 Å². The summed E-state index contributed by atoms with van der Waals surface area (Å²) in [4.78, 5) is 28.2. The van der Waals surface area contributed by atoms with Gasteiger partial charge in [-0.15, -0.1) is 10.2 Å². The molecule has 0 spiro atoms. The number of hydrogen-bond acceptors (Lipinski definition) is 7. The van der Waals surface area contributed by atoms with Crippen molar-refractivity contribution < 1.29 is 14.0 Å². The van der Waals surface area contributed by atoms with Crippen molar-refractivity contribution in [2.45, 2.75) is 16.5 Å². The Morgan fingerprint density at radius 1 is 1.30 bits per heavy atom. The number of carbonyl (C=O) groups excluding carboxylic acids is 2. The number of hydrogen-bond donors (Lipinski definition) is 0. The van der Waals surface area contributed by atoms with Gasteiger partial charge in [-0.25, -0.2) is 0 Å². The molecule has 1 aliphatic heterocycles. The molecule has 2 aromatic heterocycles. The minimum atomic E-state index is -0.213. The summed E-state index contributed by atoms with van der Waals surface area (Å²) >= 11 is 2.84. The summed E-state index contributed by atoms with van der Waals surface area (Å²) in [5, 5.41) is 7.50. The van der Waals surface area contributed by atoms with Crippen LogP contribution >= 0.6 is 23.1 Å². The van der Waals surface area contributed by atoms with Crippen LogP contribution < -0.4 is 0 Å². The van der Waals surface area contributed by atoms with Crippen LogP contribution in [-0.4, -0.2) is 63.2 Å². The molecule has 1 atom stereocenters. The highest BCUT2D eigenvalue weighted by Gasteiger charge is 2.28. The SMILES string of the molecule is C[C@H](Sc1nncs1)C(=O)N1CCN(C(=O)c2ccco2)CC1. The molecule has 3 heterocycles. The van der Waals surface area contributed by atoms with Crippen LogP contribution in [0.5, 0.6) is 0 Å². The predicted molar refractivity (Wildman–Crippen MR) is 86.4 cm³/mol. The molecular weight excluding hydrogens is 336 g/mol. The third-order valence-corrected chi connectivity index (χ3v) is 5.47. The molecule has 0 unspecified atom stereocenters. The quantitative estimate of drug-likeness (QED) is 0.778. The normalized spacial score (nSPS) is 16.4. The molecule has 2 amide bonds. The van der Waals surface area contributed by atoms with Crippen LogP contribution in [-0.2, 0) is 4.79 Å². The summed E-state index contributed by atoms with van der Waals surface area (Å²) < 4.78 is 5.92. The van der Waals surface area contributed by atoms with E-state index in [1.165, 1.54) is 29.4 Å². The number of amides is 2. The minimum absolute atomic E-state index is 0.0651. The van der Waals surface area contributed by atoms with Gasteiger partial charge in [-0.05, 0) is 19.1 Å². The van der Waals surface area contributed by atoms with E-state index in [2.05, 4.69) is 10.2 Å². The molecule has 0 saturated carbocycles. The zero-order valence-corrected chi connectivity index (χ0v) is 14.2. The van der Waals surface area contributed by atoms with Gasteiger partial charge in [0.1, 0.15) is 5.51 Å². The molecule has 23 heavy (non-hydrogen) atoms. The fourth-order valence-corrected chi connectivity index (χ4v) is 4.07.